The van der Waals surface area contributed by atoms with E-state index in [4.69, 9.17) is 11.6 Å². The van der Waals surface area contributed by atoms with Crippen LogP contribution >= 0.6 is 11.6 Å². The van der Waals surface area contributed by atoms with Gasteiger partial charge in [0.15, 0.2) is 0 Å². The Labute approximate surface area is 206 Å². The van der Waals surface area contributed by atoms with Crippen LogP contribution in [0.5, 0.6) is 0 Å². The van der Waals surface area contributed by atoms with E-state index in [0.717, 1.165) is 30.6 Å². The van der Waals surface area contributed by atoms with E-state index in [1.807, 2.05) is 0 Å². The maximum Gasteiger partial charge on any atom is 0.147 e. The van der Waals surface area contributed by atoms with Crippen molar-refractivity contribution in [3.8, 4) is 0 Å². The summed E-state index contributed by atoms with van der Waals surface area (Å²) in [6, 6.07) is 7.28. The van der Waals surface area contributed by atoms with Crippen LogP contribution in [0.4, 0.5) is 13.2 Å². The number of halogens is 4. The predicted octanol–water partition coefficient (Wildman–Crippen LogP) is 9.82. The molecule has 0 atom stereocenters. The molecule has 0 N–H and O–H groups in total. The van der Waals surface area contributed by atoms with Crippen molar-refractivity contribution >= 4 is 26.2 Å². The van der Waals surface area contributed by atoms with Gasteiger partial charge < -0.3 is 0 Å². The third kappa shape index (κ3) is 8.16. The van der Waals surface area contributed by atoms with Gasteiger partial charge in [0.05, 0.1) is 5.56 Å². The summed E-state index contributed by atoms with van der Waals surface area (Å²) in [5.41, 5.74) is 0.489. The van der Waals surface area contributed by atoms with Crippen molar-refractivity contribution in [1.82, 2.24) is 0 Å². The van der Waals surface area contributed by atoms with Crippen LogP contribution in [0.25, 0.3) is 5.83 Å². The molecule has 2 fully saturated rings. The topological polar surface area (TPSA) is 0 Å². The first-order valence-corrected chi connectivity index (χ1v) is 16.3. The molecule has 0 nitrogen and oxygen atoms in total. The molecule has 1 aromatic carbocycles. The summed E-state index contributed by atoms with van der Waals surface area (Å²) in [4.78, 5) is 0. The smallest absolute Gasteiger partial charge is 0.147 e. The molecule has 1 saturated carbocycles. The van der Waals surface area contributed by atoms with E-state index in [1.54, 1.807) is 18.1 Å². The van der Waals surface area contributed by atoms with Crippen LogP contribution in [0.2, 0.25) is 18.1 Å². The van der Waals surface area contributed by atoms with E-state index >= 15 is 0 Å². The third-order valence-electron chi connectivity index (χ3n) is 8.43. The van der Waals surface area contributed by atoms with Crippen molar-refractivity contribution in [3.05, 3.63) is 40.4 Å². The molecule has 33 heavy (non-hydrogen) atoms. The molecule has 0 bridgehead atoms. The zero-order chi connectivity index (χ0) is 23.6. The SMILES string of the molecule is CCCCC[Si@H]1CC[C@H]([C@H]2CC[C@H](CCCCc3cc(F)c(C(F)=CCl)c(F)c3)CC2)CC1. The lowest BCUT2D eigenvalue weighted by atomic mass is 9.73. The number of hydrogen-bond donors (Lipinski definition) is 0. The first-order chi connectivity index (χ1) is 16.0. The monoisotopic (exact) mass is 498 g/mol. The van der Waals surface area contributed by atoms with Crippen LogP contribution < -0.4 is 0 Å². The van der Waals surface area contributed by atoms with Crippen molar-refractivity contribution in [2.75, 3.05) is 0 Å². The average molecular weight is 499 g/mol. The highest BCUT2D eigenvalue weighted by Gasteiger charge is 2.30. The van der Waals surface area contributed by atoms with Crippen LogP contribution in [0.3, 0.4) is 0 Å². The largest absolute Gasteiger partial charge is 0.206 e. The summed E-state index contributed by atoms with van der Waals surface area (Å²) in [5, 5.41) is 0. The minimum atomic E-state index is -1.07. The molecular formula is C28H42ClF3Si. The highest BCUT2D eigenvalue weighted by atomic mass is 35.5. The molecule has 1 aliphatic carbocycles. The van der Waals surface area contributed by atoms with Gasteiger partial charge in [0.2, 0.25) is 0 Å². The Hall–Kier alpha value is -0.743. The van der Waals surface area contributed by atoms with Gasteiger partial charge in [-0.05, 0) is 61.1 Å². The molecule has 1 aliphatic heterocycles. The Bertz CT molecular complexity index is 727. The van der Waals surface area contributed by atoms with Gasteiger partial charge >= 0.3 is 0 Å². The molecule has 2 aliphatic rings. The Morgan fingerprint density at radius 3 is 2.18 bits per heavy atom. The summed E-state index contributed by atoms with van der Waals surface area (Å²) in [7, 11) is -0.399. The van der Waals surface area contributed by atoms with Gasteiger partial charge in [-0.15, -0.1) is 0 Å². The van der Waals surface area contributed by atoms with Crippen molar-refractivity contribution in [2.45, 2.75) is 109 Å². The zero-order valence-electron chi connectivity index (χ0n) is 20.4. The standard InChI is InChI=1S/C28H42ClF3Si/c1-2-3-6-15-33-16-13-24(14-17-33)23-11-9-21(10-12-23)7-4-5-8-22-18-25(30)28(26(31)19-22)27(32)20-29/h18-21,23-24,33H,2-17H2,1H3/t21-,23-,24-,33-. The number of rotatable bonds is 11. The summed E-state index contributed by atoms with van der Waals surface area (Å²) in [6.07, 6.45) is 16.7. The molecule has 1 saturated heterocycles. The molecular weight excluding hydrogens is 457 g/mol. The van der Waals surface area contributed by atoms with Crippen molar-refractivity contribution in [2.24, 2.45) is 17.8 Å². The third-order valence-corrected chi connectivity index (χ3v) is 12.1. The molecule has 1 heterocycles. The number of benzene rings is 1. The number of hydrogen-bond acceptors (Lipinski definition) is 0. The van der Waals surface area contributed by atoms with Gasteiger partial charge in [0.25, 0.3) is 0 Å². The fraction of sp³-hybridized carbons (Fsp3) is 0.714. The minimum absolute atomic E-state index is 0.399. The van der Waals surface area contributed by atoms with Crippen LogP contribution in [0.15, 0.2) is 17.7 Å². The van der Waals surface area contributed by atoms with E-state index in [2.05, 4.69) is 6.92 Å². The fourth-order valence-corrected chi connectivity index (χ4v) is 10.0. The molecule has 1 aromatic rings. The Kier molecular flexibility index (Phi) is 11.4. The number of aryl methyl sites for hydroxylation is 1. The van der Waals surface area contributed by atoms with E-state index < -0.39 is 31.8 Å². The Morgan fingerprint density at radius 1 is 0.939 bits per heavy atom. The molecule has 186 valence electrons. The van der Waals surface area contributed by atoms with Gasteiger partial charge in [-0.3, -0.25) is 0 Å². The molecule has 0 aromatic heterocycles. The minimum Gasteiger partial charge on any atom is -0.206 e. The fourth-order valence-electron chi connectivity index (χ4n) is 6.39. The van der Waals surface area contributed by atoms with Crippen molar-refractivity contribution in [1.29, 1.82) is 0 Å². The summed E-state index contributed by atoms with van der Waals surface area (Å²) in [5.74, 6) is -0.0349. The summed E-state index contributed by atoms with van der Waals surface area (Å²) < 4.78 is 41.6. The van der Waals surface area contributed by atoms with E-state index in [-0.39, 0.29) is 0 Å². The van der Waals surface area contributed by atoms with Crippen molar-refractivity contribution in [3.63, 3.8) is 0 Å². The summed E-state index contributed by atoms with van der Waals surface area (Å²) in [6.45, 7) is 2.31. The summed E-state index contributed by atoms with van der Waals surface area (Å²) >= 11 is 5.26. The molecule has 0 amide bonds. The lowest BCUT2D eigenvalue weighted by molar-refractivity contribution is 0.184. The second-order valence-electron chi connectivity index (χ2n) is 10.7. The molecule has 3 rings (SSSR count). The molecule has 5 heteroatoms. The molecule has 0 spiro atoms. The van der Waals surface area contributed by atoms with Crippen LogP contribution in [0, 0.1) is 29.4 Å². The van der Waals surface area contributed by atoms with Gasteiger partial charge in [-0.2, -0.15) is 0 Å². The highest BCUT2D eigenvalue weighted by Crippen LogP contribution is 2.42. The van der Waals surface area contributed by atoms with Gasteiger partial charge in [-0.25, -0.2) is 13.2 Å². The van der Waals surface area contributed by atoms with Crippen molar-refractivity contribution < 1.29 is 13.2 Å². The second kappa shape index (κ2) is 14.0. The van der Waals surface area contributed by atoms with Gasteiger partial charge in [0, 0.05) is 14.3 Å². The maximum atomic E-state index is 14.1. The van der Waals surface area contributed by atoms with E-state index in [0.29, 0.717) is 17.5 Å². The maximum absolute atomic E-state index is 14.1. The van der Waals surface area contributed by atoms with Gasteiger partial charge in [0.1, 0.15) is 17.5 Å². The van der Waals surface area contributed by atoms with Crippen LogP contribution in [-0.4, -0.2) is 8.80 Å². The first kappa shape index (κ1) is 26.9. The van der Waals surface area contributed by atoms with Crippen LogP contribution in [-0.2, 0) is 6.42 Å². The first-order valence-electron chi connectivity index (χ1n) is 13.5. The normalized spacial score (nSPS) is 26.5. The van der Waals surface area contributed by atoms with Gasteiger partial charge in [-0.1, -0.05) is 94.4 Å². The Morgan fingerprint density at radius 2 is 1.58 bits per heavy atom. The molecule has 0 radical (unpaired) electrons. The zero-order valence-corrected chi connectivity index (χ0v) is 22.3. The Balaban J connectivity index is 1.32. The predicted molar refractivity (Wildman–Crippen MR) is 138 cm³/mol. The molecule has 0 unspecified atom stereocenters. The lowest BCUT2D eigenvalue weighted by Gasteiger charge is -2.37. The quantitative estimate of drug-likeness (QED) is 0.210. The van der Waals surface area contributed by atoms with Crippen LogP contribution in [0.1, 0.15) is 95.1 Å². The van der Waals surface area contributed by atoms with E-state index in [9.17, 15) is 13.2 Å². The average Bonchev–Trinajstić information content (AvgIpc) is 2.82. The highest BCUT2D eigenvalue weighted by molar-refractivity contribution is 6.58. The second-order valence-corrected chi connectivity index (χ2v) is 14.4. The lowest BCUT2D eigenvalue weighted by Crippen LogP contribution is -2.28. The number of unbranched alkanes of at least 4 members (excludes halogenated alkanes) is 3. The van der Waals surface area contributed by atoms with E-state index in [1.165, 1.54) is 76.3 Å².